The number of hydrogen-bond donors (Lipinski definition) is 1. The summed E-state index contributed by atoms with van der Waals surface area (Å²) in [7, 11) is 0. The molecule has 0 atom stereocenters. The van der Waals surface area contributed by atoms with Crippen LogP contribution in [0.2, 0.25) is 0 Å². The predicted octanol–water partition coefficient (Wildman–Crippen LogP) is 5.06. The van der Waals surface area contributed by atoms with Gasteiger partial charge in [0.05, 0.1) is 15.1 Å². The molecule has 1 aromatic heterocycles. The number of carbonyl (C=O) groups is 1. The van der Waals surface area contributed by atoms with Crippen LogP contribution in [0.25, 0.3) is 10.2 Å². The van der Waals surface area contributed by atoms with Crippen LogP contribution in [0.1, 0.15) is 40.7 Å². The Kier molecular flexibility index (Phi) is 5.19. The second-order valence-electron chi connectivity index (χ2n) is 7.39. The van der Waals surface area contributed by atoms with Crippen LogP contribution in [0.3, 0.4) is 0 Å². The summed E-state index contributed by atoms with van der Waals surface area (Å²) in [4.78, 5) is 30.4. The Morgan fingerprint density at radius 2 is 1.86 bits per heavy atom. The fourth-order valence-corrected chi connectivity index (χ4v) is 4.56. The summed E-state index contributed by atoms with van der Waals surface area (Å²) in [5.74, 6) is -0.397. The lowest BCUT2D eigenvalue weighted by atomic mass is 10.1. The summed E-state index contributed by atoms with van der Waals surface area (Å²) < 4.78 is 0.995. The average Bonchev–Trinajstić information content (AvgIpc) is 3.09. The first-order valence-corrected chi connectivity index (χ1v) is 10.5. The summed E-state index contributed by atoms with van der Waals surface area (Å²) in [5.41, 5.74) is 3.95. The maximum absolute atomic E-state index is 12.7. The molecule has 150 valence electrons. The third-order valence-electron chi connectivity index (χ3n) is 5.36. The van der Waals surface area contributed by atoms with Crippen LogP contribution in [0.5, 0.6) is 0 Å². The van der Waals surface area contributed by atoms with Gasteiger partial charge in [0.2, 0.25) is 0 Å². The highest BCUT2D eigenvalue weighted by Crippen LogP contribution is 2.32. The van der Waals surface area contributed by atoms with Crippen molar-refractivity contribution in [1.82, 2.24) is 4.98 Å². The zero-order valence-corrected chi connectivity index (χ0v) is 17.2. The third-order valence-corrected chi connectivity index (χ3v) is 6.29. The molecule has 7 nitrogen and oxygen atoms in total. The molecule has 2 heterocycles. The zero-order chi connectivity index (χ0) is 20.5. The van der Waals surface area contributed by atoms with E-state index < -0.39 is 10.8 Å². The molecule has 1 fully saturated rings. The molecular formula is C21H22N4O3S. The number of rotatable bonds is 4. The molecular weight excluding hydrogens is 388 g/mol. The van der Waals surface area contributed by atoms with Crippen molar-refractivity contribution in [2.75, 3.05) is 23.3 Å². The summed E-state index contributed by atoms with van der Waals surface area (Å²) in [5, 5.41) is 14.9. The minimum absolute atomic E-state index is 0.0323. The Balaban J connectivity index is 1.60. The van der Waals surface area contributed by atoms with Crippen molar-refractivity contribution in [3.05, 3.63) is 57.1 Å². The van der Waals surface area contributed by atoms with Crippen molar-refractivity contribution in [2.45, 2.75) is 33.1 Å². The lowest BCUT2D eigenvalue weighted by Crippen LogP contribution is -2.30. The summed E-state index contributed by atoms with van der Waals surface area (Å²) >= 11 is 1.39. The number of piperidine rings is 1. The molecule has 0 bridgehead atoms. The van der Waals surface area contributed by atoms with E-state index in [9.17, 15) is 14.9 Å². The van der Waals surface area contributed by atoms with E-state index in [1.54, 1.807) is 12.1 Å². The number of hydrogen-bond acceptors (Lipinski definition) is 6. The Hall–Kier alpha value is -3.00. The first-order chi connectivity index (χ1) is 13.9. The minimum atomic E-state index is -0.413. The average molecular weight is 410 g/mol. The maximum Gasteiger partial charge on any atom is 0.293 e. The molecule has 1 aliphatic rings. The smallest absolute Gasteiger partial charge is 0.293 e. The van der Waals surface area contributed by atoms with Gasteiger partial charge in [-0.3, -0.25) is 20.2 Å². The van der Waals surface area contributed by atoms with Crippen molar-refractivity contribution < 1.29 is 9.72 Å². The van der Waals surface area contributed by atoms with Crippen molar-refractivity contribution in [1.29, 1.82) is 0 Å². The molecule has 2 aromatic carbocycles. The van der Waals surface area contributed by atoms with Gasteiger partial charge in [-0.05, 0) is 68.5 Å². The normalized spacial score (nSPS) is 14.2. The standard InChI is InChI=1S/C21H22N4O3S/c1-13-10-16-19(11-14(13)2)29-21(22-16)23-20(26)15-6-7-17(18(12-15)25(27)28)24-8-4-3-5-9-24/h6-7,10-12H,3-5,8-9H2,1-2H3,(H,22,23,26). The Bertz CT molecular complexity index is 1060. The highest BCUT2D eigenvalue weighted by Gasteiger charge is 2.23. The number of anilines is 2. The van der Waals surface area contributed by atoms with Gasteiger partial charge in [0.15, 0.2) is 5.13 Å². The highest BCUT2D eigenvalue weighted by atomic mass is 32.1. The van der Waals surface area contributed by atoms with Gasteiger partial charge in [0, 0.05) is 24.7 Å². The van der Waals surface area contributed by atoms with Gasteiger partial charge in [0.25, 0.3) is 11.6 Å². The number of aromatic nitrogens is 1. The first kappa shape index (κ1) is 19.3. The number of nitrogens with zero attached hydrogens (tertiary/aromatic N) is 3. The number of carbonyl (C=O) groups excluding carboxylic acids is 1. The van der Waals surface area contributed by atoms with Gasteiger partial charge < -0.3 is 4.90 Å². The number of nitro benzene ring substituents is 1. The number of thiazole rings is 1. The van der Waals surface area contributed by atoms with Crippen molar-refractivity contribution in [2.24, 2.45) is 0 Å². The molecule has 29 heavy (non-hydrogen) atoms. The van der Waals surface area contributed by atoms with Crippen LogP contribution in [0.15, 0.2) is 30.3 Å². The van der Waals surface area contributed by atoms with E-state index in [4.69, 9.17) is 0 Å². The number of benzene rings is 2. The highest BCUT2D eigenvalue weighted by molar-refractivity contribution is 7.22. The van der Waals surface area contributed by atoms with Crippen LogP contribution >= 0.6 is 11.3 Å². The van der Waals surface area contributed by atoms with Crippen LogP contribution in [-0.4, -0.2) is 28.9 Å². The van der Waals surface area contributed by atoms with E-state index in [1.807, 2.05) is 24.8 Å². The molecule has 3 aromatic rings. The fraction of sp³-hybridized carbons (Fsp3) is 0.333. The molecule has 0 saturated carbocycles. The van der Waals surface area contributed by atoms with Crippen molar-refractivity contribution >= 4 is 44.0 Å². The van der Waals surface area contributed by atoms with E-state index in [0.717, 1.165) is 48.1 Å². The minimum Gasteiger partial charge on any atom is -0.366 e. The number of aryl methyl sites for hydroxylation is 2. The number of nitro groups is 1. The molecule has 1 aliphatic heterocycles. The monoisotopic (exact) mass is 410 g/mol. The molecule has 0 unspecified atom stereocenters. The third kappa shape index (κ3) is 3.93. The quantitative estimate of drug-likeness (QED) is 0.479. The van der Waals surface area contributed by atoms with Gasteiger partial charge in [-0.15, -0.1) is 0 Å². The molecule has 4 rings (SSSR count). The predicted molar refractivity (Wildman–Crippen MR) is 116 cm³/mol. The van der Waals surface area contributed by atoms with Gasteiger partial charge in [0.1, 0.15) is 5.69 Å². The Labute approximate surface area is 172 Å². The van der Waals surface area contributed by atoms with Crippen molar-refractivity contribution in [3.8, 4) is 0 Å². The van der Waals surface area contributed by atoms with Gasteiger partial charge in [-0.2, -0.15) is 0 Å². The second-order valence-corrected chi connectivity index (χ2v) is 8.42. The maximum atomic E-state index is 12.7. The van der Waals surface area contributed by atoms with Gasteiger partial charge in [-0.25, -0.2) is 4.98 Å². The van der Waals surface area contributed by atoms with Crippen LogP contribution in [0, 0.1) is 24.0 Å². The van der Waals surface area contributed by atoms with Gasteiger partial charge in [-0.1, -0.05) is 11.3 Å². The van der Waals surface area contributed by atoms with Crippen LogP contribution in [0.4, 0.5) is 16.5 Å². The lowest BCUT2D eigenvalue weighted by Gasteiger charge is -2.28. The Morgan fingerprint density at radius 3 is 2.59 bits per heavy atom. The molecule has 1 amide bonds. The van der Waals surface area contributed by atoms with Crippen LogP contribution in [-0.2, 0) is 0 Å². The molecule has 0 aliphatic carbocycles. The van der Waals surface area contributed by atoms with Crippen molar-refractivity contribution in [3.63, 3.8) is 0 Å². The molecule has 8 heteroatoms. The summed E-state index contributed by atoms with van der Waals surface area (Å²) in [6.45, 7) is 5.67. The lowest BCUT2D eigenvalue weighted by molar-refractivity contribution is -0.384. The van der Waals surface area contributed by atoms with Crippen LogP contribution < -0.4 is 10.2 Å². The second kappa shape index (κ2) is 7.79. The molecule has 1 N–H and O–H groups in total. The zero-order valence-electron chi connectivity index (χ0n) is 16.4. The topological polar surface area (TPSA) is 88.4 Å². The number of nitrogens with one attached hydrogen (secondary N) is 1. The molecule has 1 saturated heterocycles. The van der Waals surface area contributed by atoms with E-state index >= 15 is 0 Å². The van der Waals surface area contributed by atoms with E-state index in [0.29, 0.717) is 10.8 Å². The Morgan fingerprint density at radius 1 is 1.14 bits per heavy atom. The summed E-state index contributed by atoms with van der Waals surface area (Å²) in [6, 6.07) is 8.74. The van der Waals surface area contributed by atoms with E-state index in [2.05, 4.69) is 16.4 Å². The van der Waals surface area contributed by atoms with E-state index in [1.165, 1.54) is 23.0 Å². The fourth-order valence-electron chi connectivity index (χ4n) is 3.62. The van der Waals surface area contributed by atoms with Gasteiger partial charge >= 0.3 is 0 Å². The first-order valence-electron chi connectivity index (χ1n) is 9.65. The summed E-state index contributed by atoms with van der Waals surface area (Å²) in [6.07, 6.45) is 3.19. The largest absolute Gasteiger partial charge is 0.366 e. The number of amides is 1. The molecule has 0 spiro atoms. The SMILES string of the molecule is Cc1cc2nc(NC(=O)c3ccc(N4CCCCC4)c([N+](=O)[O-])c3)sc2cc1C. The molecule has 0 radical (unpaired) electrons. The van der Waals surface area contributed by atoms with E-state index in [-0.39, 0.29) is 11.3 Å². The number of fused-ring (bicyclic) bond motifs is 1.